The summed E-state index contributed by atoms with van der Waals surface area (Å²) in [5.74, 6) is 0.911. The summed E-state index contributed by atoms with van der Waals surface area (Å²) in [5, 5.41) is 3.80. The molecule has 1 unspecified atom stereocenters. The van der Waals surface area contributed by atoms with E-state index in [-0.39, 0.29) is 18.4 Å². The van der Waals surface area contributed by atoms with Crippen molar-refractivity contribution in [2.24, 2.45) is 11.7 Å². The predicted molar refractivity (Wildman–Crippen MR) is 70.3 cm³/mol. The van der Waals surface area contributed by atoms with Gasteiger partial charge in [0, 0.05) is 0 Å². The van der Waals surface area contributed by atoms with Crippen LogP contribution in [-0.2, 0) is 12.6 Å². The average Bonchev–Trinajstić information content (AvgIpc) is 2.85. The lowest BCUT2D eigenvalue weighted by Crippen LogP contribution is -2.18. The maximum absolute atomic E-state index is 12.5. The Bertz CT molecular complexity index is 590. The number of benzene rings is 1. The molecule has 0 aliphatic heterocycles. The highest BCUT2D eigenvalue weighted by Crippen LogP contribution is 2.29. The third-order valence-corrected chi connectivity index (χ3v) is 3.14. The summed E-state index contributed by atoms with van der Waals surface area (Å²) in [4.78, 5) is 4.17. The highest BCUT2D eigenvalue weighted by atomic mass is 19.4. The van der Waals surface area contributed by atoms with E-state index >= 15 is 0 Å². The molecule has 2 aromatic rings. The van der Waals surface area contributed by atoms with Crippen LogP contribution in [0.5, 0.6) is 0 Å². The smallest absolute Gasteiger partial charge is 0.339 e. The van der Waals surface area contributed by atoms with Crippen molar-refractivity contribution in [2.45, 2.75) is 32.5 Å². The van der Waals surface area contributed by atoms with Gasteiger partial charge in [0.15, 0.2) is 5.82 Å². The standard InChI is InChI=1S/C14H16F3N3O/c1-8(2)12(18)13-19-11(21-20-13)7-9-3-5-10(6-4-9)14(15,16)17/h3-6,8,12H,7,18H2,1-2H3. The van der Waals surface area contributed by atoms with E-state index in [0.717, 1.165) is 12.1 Å². The monoisotopic (exact) mass is 299 g/mol. The molecule has 0 fully saturated rings. The van der Waals surface area contributed by atoms with Gasteiger partial charge in [-0.05, 0) is 23.6 Å². The van der Waals surface area contributed by atoms with Gasteiger partial charge in [-0.1, -0.05) is 31.1 Å². The molecule has 0 radical (unpaired) electrons. The third-order valence-electron chi connectivity index (χ3n) is 3.14. The Morgan fingerprint density at radius 1 is 1.19 bits per heavy atom. The lowest BCUT2D eigenvalue weighted by molar-refractivity contribution is -0.137. The molecule has 0 aliphatic carbocycles. The van der Waals surface area contributed by atoms with E-state index in [1.807, 2.05) is 13.8 Å². The van der Waals surface area contributed by atoms with Gasteiger partial charge in [0.2, 0.25) is 5.89 Å². The van der Waals surface area contributed by atoms with Gasteiger partial charge < -0.3 is 10.3 Å². The van der Waals surface area contributed by atoms with Crippen molar-refractivity contribution in [2.75, 3.05) is 0 Å². The second kappa shape index (κ2) is 5.85. The molecular weight excluding hydrogens is 283 g/mol. The number of aromatic nitrogens is 2. The van der Waals surface area contributed by atoms with Crippen LogP contribution in [0.4, 0.5) is 13.2 Å². The van der Waals surface area contributed by atoms with Crippen LogP contribution < -0.4 is 5.73 Å². The molecular formula is C14H16F3N3O. The maximum atomic E-state index is 12.5. The molecule has 7 heteroatoms. The summed E-state index contributed by atoms with van der Waals surface area (Å²) in [6.45, 7) is 3.88. The zero-order valence-corrected chi connectivity index (χ0v) is 11.7. The fourth-order valence-electron chi connectivity index (χ4n) is 1.76. The summed E-state index contributed by atoms with van der Waals surface area (Å²) in [6, 6.07) is 4.54. The van der Waals surface area contributed by atoms with Crippen molar-refractivity contribution < 1.29 is 17.7 Å². The molecule has 1 heterocycles. The van der Waals surface area contributed by atoms with Crippen molar-refractivity contribution >= 4 is 0 Å². The molecule has 1 aromatic carbocycles. The van der Waals surface area contributed by atoms with Crippen molar-refractivity contribution in [3.8, 4) is 0 Å². The van der Waals surface area contributed by atoms with Crippen LogP contribution in [0.1, 0.15) is 42.7 Å². The molecule has 0 spiro atoms. The first kappa shape index (κ1) is 15.5. The summed E-state index contributed by atoms with van der Waals surface area (Å²) < 4.78 is 42.5. The van der Waals surface area contributed by atoms with E-state index in [9.17, 15) is 13.2 Å². The van der Waals surface area contributed by atoms with Crippen molar-refractivity contribution in [1.29, 1.82) is 0 Å². The van der Waals surface area contributed by atoms with Gasteiger partial charge in [-0.25, -0.2) is 0 Å². The van der Waals surface area contributed by atoms with E-state index in [4.69, 9.17) is 10.3 Å². The molecule has 4 nitrogen and oxygen atoms in total. The minimum Gasteiger partial charge on any atom is -0.339 e. The molecule has 0 saturated heterocycles. The summed E-state index contributed by atoms with van der Waals surface area (Å²) >= 11 is 0. The number of hydrogen-bond donors (Lipinski definition) is 1. The maximum Gasteiger partial charge on any atom is 0.416 e. The summed E-state index contributed by atoms with van der Waals surface area (Å²) in [7, 11) is 0. The SMILES string of the molecule is CC(C)C(N)c1noc(Cc2ccc(C(F)(F)F)cc2)n1. The van der Waals surface area contributed by atoms with Crippen molar-refractivity contribution in [1.82, 2.24) is 10.1 Å². The Balaban J connectivity index is 2.09. The van der Waals surface area contributed by atoms with Gasteiger partial charge in [-0.3, -0.25) is 0 Å². The minimum atomic E-state index is -4.33. The largest absolute Gasteiger partial charge is 0.416 e. The van der Waals surface area contributed by atoms with E-state index in [0.29, 0.717) is 17.3 Å². The molecule has 2 rings (SSSR count). The zero-order chi connectivity index (χ0) is 15.6. The highest BCUT2D eigenvalue weighted by molar-refractivity contribution is 5.26. The fraction of sp³-hybridized carbons (Fsp3) is 0.429. The fourth-order valence-corrected chi connectivity index (χ4v) is 1.76. The van der Waals surface area contributed by atoms with E-state index in [2.05, 4.69) is 10.1 Å². The minimum absolute atomic E-state index is 0.168. The molecule has 2 N–H and O–H groups in total. The second-order valence-electron chi connectivity index (χ2n) is 5.19. The predicted octanol–water partition coefficient (Wildman–Crippen LogP) is 3.34. The van der Waals surface area contributed by atoms with E-state index in [1.165, 1.54) is 12.1 Å². The summed E-state index contributed by atoms with van der Waals surface area (Å²) in [5.41, 5.74) is 5.88. The topological polar surface area (TPSA) is 64.9 Å². The first-order chi connectivity index (χ1) is 9.77. The van der Waals surface area contributed by atoms with Crippen LogP contribution in [0.15, 0.2) is 28.8 Å². The molecule has 1 aromatic heterocycles. The van der Waals surface area contributed by atoms with Gasteiger partial charge >= 0.3 is 6.18 Å². The number of hydrogen-bond acceptors (Lipinski definition) is 4. The number of halogens is 3. The van der Waals surface area contributed by atoms with E-state index in [1.54, 1.807) is 0 Å². The first-order valence-corrected chi connectivity index (χ1v) is 6.51. The first-order valence-electron chi connectivity index (χ1n) is 6.51. The van der Waals surface area contributed by atoms with Crippen LogP contribution >= 0.6 is 0 Å². The van der Waals surface area contributed by atoms with Gasteiger partial charge in [0.25, 0.3) is 0 Å². The van der Waals surface area contributed by atoms with Crippen LogP contribution in [0, 0.1) is 5.92 Å². The molecule has 114 valence electrons. The van der Waals surface area contributed by atoms with E-state index < -0.39 is 11.7 Å². The van der Waals surface area contributed by atoms with Crippen molar-refractivity contribution in [3.05, 3.63) is 47.1 Å². The zero-order valence-electron chi connectivity index (χ0n) is 11.7. The molecule has 1 atom stereocenters. The normalized spacial score (nSPS) is 13.7. The lowest BCUT2D eigenvalue weighted by atomic mass is 10.1. The number of nitrogens with zero attached hydrogens (tertiary/aromatic N) is 2. The second-order valence-corrected chi connectivity index (χ2v) is 5.19. The van der Waals surface area contributed by atoms with Crippen LogP contribution in [-0.4, -0.2) is 10.1 Å². The Kier molecular flexibility index (Phi) is 4.32. The lowest BCUT2D eigenvalue weighted by Gasteiger charge is -2.09. The third kappa shape index (κ3) is 3.81. The number of alkyl halides is 3. The molecule has 0 aliphatic rings. The molecule has 0 saturated carbocycles. The number of rotatable bonds is 4. The Morgan fingerprint density at radius 2 is 1.81 bits per heavy atom. The van der Waals surface area contributed by atoms with Gasteiger partial charge in [-0.15, -0.1) is 0 Å². The highest BCUT2D eigenvalue weighted by Gasteiger charge is 2.30. The Labute approximate surface area is 120 Å². The van der Waals surface area contributed by atoms with Crippen molar-refractivity contribution in [3.63, 3.8) is 0 Å². The van der Waals surface area contributed by atoms with Gasteiger partial charge in [0.1, 0.15) is 0 Å². The van der Waals surface area contributed by atoms with Gasteiger partial charge in [-0.2, -0.15) is 18.2 Å². The Hall–Kier alpha value is -1.89. The number of nitrogens with two attached hydrogens (primary N) is 1. The average molecular weight is 299 g/mol. The van der Waals surface area contributed by atoms with Crippen LogP contribution in [0.25, 0.3) is 0 Å². The quantitative estimate of drug-likeness (QED) is 0.940. The van der Waals surface area contributed by atoms with Crippen LogP contribution in [0.3, 0.4) is 0 Å². The van der Waals surface area contributed by atoms with Crippen LogP contribution in [0.2, 0.25) is 0 Å². The molecule has 0 amide bonds. The Morgan fingerprint density at radius 3 is 2.33 bits per heavy atom. The molecule has 21 heavy (non-hydrogen) atoms. The summed E-state index contributed by atoms with van der Waals surface area (Å²) in [6.07, 6.45) is -4.06. The molecule has 0 bridgehead atoms. The van der Waals surface area contributed by atoms with Gasteiger partial charge in [0.05, 0.1) is 18.0 Å².